The molecule has 0 aliphatic carbocycles. The van der Waals surface area contributed by atoms with E-state index in [-0.39, 0.29) is 23.4 Å². The number of carbonyl (C=O) groups is 1. The van der Waals surface area contributed by atoms with Gasteiger partial charge in [0.25, 0.3) is 5.91 Å². The minimum Gasteiger partial charge on any atom is -0.380 e. The Bertz CT molecular complexity index is 1150. The number of nitrogens with two attached hydrogens (primary N) is 1. The molecule has 3 heterocycles. The van der Waals surface area contributed by atoms with E-state index < -0.39 is 17.6 Å². The number of hydrogen-bond donors (Lipinski definition) is 3. The molecule has 1 fully saturated rings. The van der Waals surface area contributed by atoms with Crippen molar-refractivity contribution in [3.05, 3.63) is 71.7 Å². The highest BCUT2D eigenvalue weighted by Crippen LogP contribution is 2.32. The van der Waals surface area contributed by atoms with E-state index in [0.717, 1.165) is 42.9 Å². The molecule has 1 aliphatic heterocycles. The van der Waals surface area contributed by atoms with Crippen LogP contribution in [0.15, 0.2) is 55.0 Å². The molecule has 0 unspecified atom stereocenters. The number of morpholine rings is 1. The molecule has 0 atom stereocenters. The van der Waals surface area contributed by atoms with Crippen molar-refractivity contribution in [1.29, 1.82) is 0 Å². The van der Waals surface area contributed by atoms with Crippen molar-refractivity contribution in [2.45, 2.75) is 12.7 Å². The van der Waals surface area contributed by atoms with Crippen molar-refractivity contribution in [3.63, 3.8) is 0 Å². The minimum atomic E-state index is -4.52. The second-order valence-corrected chi connectivity index (χ2v) is 7.63. The van der Waals surface area contributed by atoms with Gasteiger partial charge in [-0.15, -0.1) is 0 Å². The number of ether oxygens (including phenoxy) is 1. The molecular weight excluding hydrogens is 449 g/mol. The van der Waals surface area contributed by atoms with Crippen LogP contribution in [0, 0.1) is 0 Å². The van der Waals surface area contributed by atoms with Crippen molar-refractivity contribution in [2.75, 3.05) is 41.8 Å². The van der Waals surface area contributed by atoms with Crippen LogP contribution in [0.1, 0.15) is 21.5 Å². The Morgan fingerprint density at radius 2 is 1.85 bits per heavy atom. The number of halogens is 3. The van der Waals surface area contributed by atoms with E-state index in [0.29, 0.717) is 19.0 Å². The highest BCUT2D eigenvalue weighted by molar-refractivity contribution is 5.98. The van der Waals surface area contributed by atoms with Gasteiger partial charge in [-0.3, -0.25) is 9.78 Å². The van der Waals surface area contributed by atoms with Crippen molar-refractivity contribution in [1.82, 2.24) is 9.97 Å². The van der Waals surface area contributed by atoms with Gasteiger partial charge < -0.3 is 26.0 Å². The first-order chi connectivity index (χ1) is 16.3. The lowest BCUT2D eigenvalue weighted by atomic mass is 10.1. The van der Waals surface area contributed by atoms with Gasteiger partial charge >= 0.3 is 6.18 Å². The third-order valence-electron chi connectivity index (χ3n) is 5.36. The second-order valence-electron chi connectivity index (χ2n) is 7.63. The summed E-state index contributed by atoms with van der Waals surface area (Å²) in [6.45, 7) is 2.82. The predicted molar refractivity (Wildman–Crippen MR) is 122 cm³/mol. The summed E-state index contributed by atoms with van der Waals surface area (Å²) in [6, 6.07) is 10.2. The number of nitrogens with one attached hydrogen (secondary N) is 2. The van der Waals surface area contributed by atoms with E-state index in [4.69, 9.17) is 10.5 Å². The van der Waals surface area contributed by atoms with Gasteiger partial charge in [0.05, 0.1) is 30.0 Å². The zero-order valence-corrected chi connectivity index (χ0v) is 18.1. The molecule has 1 saturated heterocycles. The van der Waals surface area contributed by atoms with Crippen LogP contribution >= 0.6 is 0 Å². The number of hydrogen-bond acceptors (Lipinski definition) is 7. The third-order valence-corrected chi connectivity index (χ3v) is 5.36. The van der Waals surface area contributed by atoms with Crippen molar-refractivity contribution in [3.8, 4) is 0 Å². The van der Waals surface area contributed by atoms with E-state index in [1.165, 1.54) is 12.3 Å². The molecule has 2 aromatic heterocycles. The van der Waals surface area contributed by atoms with Crippen LogP contribution < -0.4 is 21.3 Å². The lowest BCUT2D eigenvalue weighted by molar-refractivity contribution is -0.138. The van der Waals surface area contributed by atoms with Crippen LogP contribution in [0.3, 0.4) is 0 Å². The normalized spacial score (nSPS) is 14.0. The standard InChI is InChI=1S/C23H23F3N6O2/c24-23(25,26)19-5-6-28-12-15(19)13-29-20-11-21(30-14-18(20)22(27)33)31-16-1-3-17(4-2-16)32-7-9-34-10-8-32/h1-6,11-12,14H,7-10,13H2,(H2,27,33)(H2,29,30,31). The second kappa shape index (κ2) is 9.96. The zero-order valence-electron chi connectivity index (χ0n) is 18.1. The van der Waals surface area contributed by atoms with E-state index in [9.17, 15) is 18.0 Å². The van der Waals surface area contributed by atoms with Crippen LogP contribution in [0.25, 0.3) is 0 Å². The van der Waals surface area contributed by atoms with Gasteiger partial charge in [0.1, 0.15) is 5.82 Å². The number of amides is 1. The Kier molecular flexibility index (Phi) is 6.82. The number of nitrogens with zero attached hydrogens (tertiary/aromatic N) is 3. The predicted octanol–water partition coefficient (Wildman–Crippen LogP) is 3.79. The summed E-state index contributed by atoms with van der Waals surface area (Å²) < 4.78 is 45.2. The molecule has 11 heteroatoms. The van der Waals surface area contributed by atoms with E-state index in [1.807, 2.05) is 24.3 Å². The number of aromatic nitrogens is 2. The molecule has 1 amide bonds. The lowest BCUT2D eigenvalue weighted by Gasteiger charge is -2.28. The van der Waals surface area contributed by atoms with E-state index >= 15 is 0 Å². The molecule has 0 saturated carbocycles. The molecule has 0 radical (unpaired) electrons. The molecule has 1 aliphatic rings. The monoisotopic (exact) mass is 472 g/mol. The minimum absolute atomic E-state index is 0.0598. The van der Waals surface area contributed by atoms with Crippen LogP contribution in [-0.4, -0.2) is 42.2 Å². The Labute approximate surface area is 194 Å². The molecule has 1 aromatic carbocycles. The maximum absolute atomic E-state index is 13.3. The largest absolute Gasteiger partial charge is 0.416 e. The van der Waals surface area contributed by atoms with Crippen LogP contribution in [0.2, 0.25) is 0 Å². The van der Waals surface area contributed by atoms with Crippen molar-refractivity contribution in [2.24, 2.45) is 5.73 Å². The fraction of sp³-hybridized carbons (Fsp3) is 0.261. The Balaban J connectivity index is 1.51. The zero-order chi connectivity index (χ0) is 24.1. The van der Waals surface area contributed by atoms with Gasteiger partial charge in [-0.05, 0) is 30.3 Å². The third kappa shape index (κ3) is 5.54. The quantitative estimate of drug-likeness (QED) is 0.481. The van der Waals surface area contributed by atoms with Gasteiger partial charge in [0.2, 0.25) is 0 Å². The summed E-state index contributed by atoms with van der Waals surface area (Å²) >= 11 is 0. The van der Waals surface area contributed by atoms with Crippen LogP contribution in [-0.2, 0) is 17.5 Å². The van der Waals surface area contributed by atoms with Crippen molar-refractivity contribution >= 4 is 28.8 Å². The SMILES string of the molecule is NC(=O)c1cnc(Nc2ccc(N3CCOCC3)cc2)cc1NCc1cnccc1C(F)(F)F. The summed E-state index contributed by atoms with van der Waals surface area (Å²) in [5.74, 6) is -0.354. The van der Waals surface area contributed by atoms with Gasteiger partial charge in [-0.2, -0.15) is 13.2 Å². The average molecular weight is 472 g/mol. The molecule has 0 bridgehead atoms. The average Bonchev–Trinajstić information content (AvgIpc) is 2.83. The first kappa shape index (κ1) is 23.3. The van der Waals surface area contributed by atoms with Gasteiger partial charge in [-0.25, -0.2) is 4.98 Å². The maximum Gasteiger partial charge on any atom is 0.416 e. The lowest BCUT2D eigenvalue weighted by Crippen LogP contribution is -2.36. The molecule has 0 spiro atoms. The van der Waals surface area contributed by atoms with Crippen LogP contribution in [0.4, 0.5) is 36.1 Å². The summed E-state index contributed by atoms with van der Waals surface area (Å²) in [4.78, 5) is 22.0. The topological polar surface area (TPSA) is 105 Å². The summed E-state index contributed by atoms with van der Waals surface area (Å²) in [7, 11) is 0. The molecule has 34 heavy (non-hydrogen) atoms. The number of carbonyl (C=O) groups excluding carboxylic acids is 1. The molecule has 4 N–H and O–H groups in total. The van der Waals surface area contributed by atoms with Gasteiger partial charge in [0.15, 0.2) is 0 Å². The van der Waals surface area contributed by atoms with E-state index in [2.05, 4.69) is 25.5 Å². The Hall–Kier alpha value is -3.86. The highest BCUT2D eigenvalue weighted by Gasteiger charge is 2.33. The number of rotatable bonds is 7. The number of anilines is 4. The van der Waals surface area contributed by atoms with E-state index in [1.54, 1.807) is 0 Å². The summed E-state index contributed by atoms with van der Waals surface area (Å²) in [5.41, 5.74) is 6.72. The first-order valence-corrected chi connectivity index (χ1v) is 10.5. The molecule has 178 valence electrons. The number of primary amides is 1. The highest BCUT2D eigenvalue weighted by atomic mass is 19.4. The molecule has 4 rings (SSSR count). The maximum atomic E-state index is 13.3. The van der Waals surface area contributed by atoms with Crippen LogP contribution in [0.5, 0.6) is 0 Å². The molecule has 8 nitrogen and oxygen atoms in total. The fourth-order valence-corrected chi connectivity index (χ4v) is 3.63. The summed E-state index contributed by atoms with van der Waals surface area (Å²) in [5, 5.41) is 6.00. The fourth-order valence-electron chi connectivity index (χ4n) is 3.63. The number of benzene rings is 1. The first-order valence-electron chi connectivity index (χ1n) is 10.5. The molecule has 3 aromatic rings. The van der Waals surface area contributed by atoms with Gasteiger partial charge in [0, 0.05) is 61.2 Å². The number of alkyl halides is 3. The van der Waals surface area contributed by atoms with Gasteiger partial charge in [-0.1, -0.05) is 0 Å². The number of pyridine rings is 2. The smallest absolute Gasteiger partial charge is 0.380 e. The molecular formula is C23H23F3N6O2. The Morgan fingerprint density at radius 3 is 2.53 bits per heavy atom. The summed E-state index contributed by atoms with van der Waals surface area (Å²) in [6.07, 6.45) is -1.02. The van der Waals surface area contributed by atoms with Crippen molar-refractivity contribution < 1.29 is 22.7 Å². The Morgan fingerprint density at radius 1 is 1.12 bits per heavy atom.